The smallest absolute Gasteiger partial charge is 0.230 e. The highest BCUT2D eigenvalue weighted by Gasteiger charge is 2.06. The number of aliphatic hydroxyl groups excluding tert-OH is 1. The Hall–Kier alpha value is -1.11. The number of nitrogens with zero attached hydrogens (tertiary/aromatic N) is 1. The van der Waals surface area contributed by atoms with Crippen molar-refractivity contribution < 1.29 is 9.90 Å². The van der Waals surface area contributed by atoms with E-state index in [9.17, 15) is 4.79 Å². The monoisotopic (exact) mass is 310 g/mol. The summed E-state index contributed by atoms with van der Waals surface area (Å²) in [5, 5.41) is 11.5. The van der Waals surface area contributed by atoms with E-state index in [2.05, 4.69) is 10.3 Å². The Labute approximate surface area is 126 Å². The summed E-state index contributed by atoms with van der Waals surface area (Å²) < 4.78 is 2.08. The van der Waals surface area contributed by atoms with E-state index < -0.39 is 0 Å². The molecule has 0 bridgehead atoms. The van der Waals surface area contributed by atoms with Gasteiger partial charge in [-0.05, 0) is 31.4 Å². The average Bonchev–Trinajstić information content (AvgIpc) is 2.88. The van der Waals surface area contributed by atoms with Crippen LogP contribution in [0.1, 0.15) is 19.3 Å². The number of para-hydroxylation sites is 1. The van der Waals surface area contributed by atoms with Gasteiger partial charge in [-0.25, -0.2) is 4.98 Å². The number of benzene rings is 1. The summed E-state index contributed by atoms with van der Waals surface area (Å²) in [4.78, 5) is 16.1. The second kappa shape index (κ2) is 8.24. The molecular weight excluding hydrogens is 292 g/mol. The van der Waals surface area contributed by atoms with Crippen molar-refractivity contribution in [2.45, 2.75) is 23.6 Å². The zero-order valence-electron chi connectivity index (χ0n) is 11.2. The van der Waals surface area contributed by atoms with Crippen LogP contribution >= 0.6 is 23.1 Å². The van der Waals surface area contributed by atoms with E-state index in [1.807, 2.05) is 24.3 Å². The predicted molar refractivity (Wildman–Crippen MR) is 84.3 cm³/mol. The fraction of sp³-hybridized carbons (Fsp3) is 0.429. The molecule has 6 heteroatoms. The number of fused-ring (bicyclic) bond motifs is 1. The lowest BCUT2D eigenvalue weighted by Crippen LogP contribution is -2.26. The molecule has 2 rings (SSSR count). The number of thioether (sulfide) groups is 1. The number of rotatable bonds is 8. The van der Waals surface area contributed by atoms with Gasteiger partial charge in [0, 0.05) is 13.2 Å². The van der Waals surface area contributed by atoms with Gasteiger partial charge in [-0.2, -0.15) is 0 Å². The van der Waals surface area contributed by atoms with E-state index in [1.165, 1.54) is 11.8 Å². The summed E-state index contributed by atoms with van der Waals surface area (Å²) in [7, 11) is 0. The molecule has 0 saturated carbocycles. The van der Waals surface area contributed by atoms with Crippen LogP contribution in [0.2, 0.25) is 0 Å². The lowest BCUT2D eigenvalue weighted by molar-refractivity contribution is -0.118. The summed E-state index contributed by atoms with van der Waals surface area (Å²) in [6, 6.07) is 7.99. The van der Waals surface area contributed by atoms with Gasteiger partial charge in [0.05, 0.1) is 16.0 Å². The van der Waals surface area contributed by atoms with Gasteiger partial charge >= 0.3 is 0 Å². The van der Waals surface area contributed by atoms with Crippen molar-refractivity contribution in [2.24, 2.45) is 0 Å². The molecule has 0 saturated heterocycles. The third kappa shape index (κ3) is 4.77. The van der Waals surface area contributed by atoms with E-state index in [4.69, 9.17) is 5.11 Å². The molecule has 0 atom stereocenters. The van der Waals surface area contributed by atoms with Crippen molar-refractivity contribution in [3.8, 4) is 0 Å². The number of aromatic nitrogens is 1. The van der Waals surface area contributed by atoms with E-state index >= 15 is 0 Å². The highest BCUT2D eigenvalue weighted by atomic mass is 32.2. The average molecular weight is 310 g/mol. The first kappa shape index (κ1) is 15.3. The Morgan fingerprint density at radius 1 is 1.30 bits per heavy atom. The maximum absolute atomic E-state index is 11.7. The van der Waals surface area contributed by atoms with Crippen LogP contribution in [0.5, 0.6) is 0 Å². The zero-order chi connectivity index (χ0) is 14.2. The van der Waals surface area contributed by atoms with Gasteiger partial charge in [-0.1, -0.05) is 23.9 Å². The maximum atomic E-state index is 11.7. The largest absolute Gasteiger partial charge is 0.396 e. The standard InChI is InChI=1S/C14H18N2O2S2/c17-9-5-1-4-8-15-13(18)10-19-14-16-11-6-2-3-7-12(11)20-14/h2-3,6-7,17H,1,4-5,8-10H2,(H,15,18). The topological polar surface area (TPSA) is 62.2 Å². The number of carbonyl (C=O) groups is 1. The summed E-state index contributed by atoms with van der Waals surface area (Å²) in [6.07, 6.45) is 2.66. The van der Waals surface area contributed by atoms with Crippen molar-refractivity contribution in [3.63, 3.8) is 0 Å². The minimum atomic E-state index is 0.0401. The van der Waals surface area contributed by atoms with Crippen LogP contribution in [0.3, 0.4) is 0 Å². The molecule has 108 valence electrons. The van der Waals surface area contributed by atoms with Crippen molar-refractivity contribution >= 4 is 39.2 Å². The van der Waals surface area contributed by atoms with Crippen LogP contribution in [0.25, 0.3) is 10.2 Å². The SMILES string of the molecule is O=C(CSc1nc2ccccc2s1)NCCCCCO. The molecule has 2 N–H and O–H groups in total. The fourth-order valence-corrected chi connectivity index (χ4v) is 3.63. The van der Waals surface area contributed by atoms with Crippen molar-refractivity contribution in [2.75, 3.05) is 18.9 Å². The first-order valence-corrected chi connectivity index (χ1v) is 8.46. The third-order valence-corrected chi connectivity index (χ3v) is 4.94. The van der Waals surface area contributed by atoms with Crippen molar-refractivity contribution in [1.82, 2.24) is 10.3 Å². The van der Waals surface area contributed by atoms with Crippen LogP contribution in [-0.4, -0.2) is 34.9 Å². The highest BCUT2D eigenvalue weighted by Crippen LogP contribution is 2.28. The highest BCUT2D eigenvalue weighted by molar-refractivity contribution is 8.01. The van der Waals surface area contributed by atoms with Gasteiger partial charge < -0.3 is 10.4 Å². The van der Waals surface area contributed by atoms with Crippen LogP contribution < -0.4 is 5.32 Å². The van der Waals surface area contributed by atoms with Gasteiger partial charge in [-0.3, -0.25) is 4.79 Å². The van der Waals surface area contributed by atoms with Gasteiger partial charge in [-0.15, -0.1) is 11.3 Å². The molecule has 0 aliphatic carbocycles. The van der Waals surface area contributed by atoms with E-state index in [0.717, 1.165) is 33.8 Å². The molecule has 0 aliphatic heterocycles. The summed E-state index contributed by atoms with van der Waals surface area (Å²) in [5.74, 6) is 0.443. The number of thiazole rings is 1. The molecule has 1 heterocycles. The van der Waals surface area contributed by atoms with Gasteiger partial charge in [0.2, 0.25) is 5.91 Å². The molecule has 1 aromatic carbocycles. The molecule has 0 spiro atoms. The zero-order valence-corrected chi connectivity index (χ0v) is 12.8. The van der Waals surface area contributed by atoms with Crippen LogP contribution in [0, 0.1) is 0 Å². The van der Waals surface area contributed by atoms with Crippen LogP contribution in [0.15, 0.2) is 28.6 Å². The van der Waals surface area contributed by atoms with E-state index in [0.29, 0.717) is 12.3 Å². The quantitative estimate of drug-likeness (QED) is 0.581. The lowest BCUT2D eigenvalue weighted by Gasteiger charge is -2.03. The Kier molecular flexibility index (Phi) is 6.29. The molecule has 0 aliphatic rings. The third-order valence-electron chi connectivity index (χ3n) is 2.76. The van der Waals surface area contributed by atoms with E-state index in [-0.39, 0.29) is 12.5 Å². The van der Waals surface area contributed by atoms with E-state index in [1.54, 1.807) is 11.3 Å². The van der Waals surface area contributed by atoms with Gasteiger partial charge in [0.1, 0.15) is 0 Å². The lowest BCUT2D eigenvalue weighted by atomic mass is 10.2. The summed E-state index contributed by atoms with van der Waals surface area (Å²) in [6.45, 7) is 0.903. The second-order valence-corrected chi connectivity index (χ2v) is 6.62. The first-order chi connectivity index (χ1) is 9.79. The number of hydrogen-bond acceptors (Lipinski definition) is 5. The molecule has 4 nitrogen and oxygen atoms in total. The molecule has 2 aromatic rings. The Balaban J connectivity index is 1.70. The molecular formula is C14H18N2O2S2. The van der Waals surface area contributed by atoms with Gasteiger partial charge in [0.25, 0.3) is 0 Å². The molecule has 1 aromatic heterocycles. The number of nitrogens with one attached hydrogen (secondary N) is 1. The first-order valence-electron chi connectivity index (χ1n) is 6.65. The Morgan fingerprint density at radius 2 is 2.15 bits per heavy atom. The Bertz CT molecular complexity index is 524. The molecule has 0 unspecified atom stereocenters. The van der Waals surface area contributed by atoms with Crippen LogP contribution in [-0.2, 0) is 4.79 Å². The minimum Gasteiger partial charge on any atom is -0.396 e. The number of amides is 1. The van der Waals surface area contributed by atoms with Crippen molar-refractivity contribution in [3.05, 3.63) is 24.3 Å². The van der Waals surface area contributed by atoms with Crippen molar-refractivity contribution in [1.29, 1.82) is 0 Å². The normalized spacial score (nSPS) is 10.8. The number of unbranched alkanes of at least 4 members (excludes halogenated alkanes) is 2. The van der Waals surface area contributed by atoms with Crippen LogP contribution in [0.4, 0.5) is 0 Å². The summed E-state index contributed by atoms with van der Waals surface area (Å²) in [5.41, 5.74) is 0.990. The molecule has 0 radical (unpaired) electrons. The molecule has 0 fully saturated rings. The Morgan fingerprint density at radius 3 is 2.95 bits per heavy atom. The minimum absolute atomic E-state index is 0.0401. The predicted octanol–water partition coefficient (Wildman–Crippen LogP) is 2.67. The van der Waals surface area contributed by atoms with Gasteiger partial charge in [0.15, 0.2) is 4.34 Å². The molecule has 1 amide bonds. The summed E-state index contributed by atoms with van der Waals surface area (Å²) >= 11 is 3.10. The number of hydrogen-bond donors (Lipinski definition) is 2. The fourth-order valence-electron chi connectivity index (χ4n) is 1.73. The maximum Gasteiger partial charge on any atom is 0.230 e. The molecule has 20 heavy (non-hydrogen) atoms. The second-order valence-electron chi connectivity index (χ2n) is 4.37. The number of aliphatic hydroxyl groups is 1. The number of carbonyl (C=O) groups excluding carboxylic acids is 1.